The second kappa shape index (κ2) is 5.72. The summed E-state index contributed by atoms with van der Waals surface area (Å²) >= 11 is 0. The Bertz CT molecular complexity index is 152. The van der Waals surface area contributed by atoms with Crippen molar-refractivity contribution in [2.24, 2.45) is 5.92 Å². The minimum absolute atomic E-state index is 0.114. The number of hydrogen-bond donors (Lipinski definition) is 1. The predicted octanol–water partition coefficient (Wildman–Crippen LogP) is 2.51. The topological polar surface area (TPSA) is 23.5 Å². The highest BCUT2D eigenvalue weighted by molar-refractivity contribution is 4.85. The van der Waals surface area contributed by atoms with Crippen LogP contribution in [-0.4, -0.2) is 35.7 Å². The Hall–Kier alpha value is -0.0800. The van der Waals surface area contributed by atoms with Gasteiger partial charge in [0.25, 0.3) is 0 Å². The van der Waals surface area contributed by atoms with Crippen LogP contribution in [0.2, 0.25) is 0 Å². The second-order valence-electron chi connectivity index (χ2n) is 5.39. The van der Waals surface area contributed by atoms with Crippen LogP contribution in [0.5, 0.6) is 0 Å². The quantitative estimate of drug-likeness (QED) is 0.714. The van der Waals surface area contributed by atoms with E-state index in [4.69, 9.17) is 0 Å². The van der Waals surface area contributed by atoms with Crippen LogP contribution in [0.25, 0.3) is 0 Å². The molecular weight excluding hydrogens is 174 g/mol. The van der Waals surface area contributed by atoms with Crippen LogP contribution >= 0.6 is 0 Å². The first-order chi connectivity index (χ1) is 6.28. The van der Waals surface area contributed by atoms with Gasteiger partial charge in [-0.05, 0) is 40.3 Å². The summed E-state index contributed by atoms with van der Waals surface area (Å²) in [7, 11) is 4.04. The lowest BCUT2D eigenvalue weighted by molar-refractivity contribution is 0.0105. The van der Waals surface area contributed by atoms with Gasteiger partial charge in [-0.3, -0.25) is 0 Å². The van der Waals surface area contributed by atoms with Crippen LogP contribution in [0.15, 0.2) is 0 Å². The molecule has 0 fully saturated rings. The molecule has 0 amide bonds. The molecule has 2 nitrogen and oxygen atoms in total. The van der Waals surface area contributed by atoms with Crippen molar-refractivity contribution in [2.45, 2.75) is 58.6 Å². The zero-order valence-electron chi connectivity index (χ0n) is 10.7. The van der Waals surface area contributed by atoms with Gasteiger partial charge in [0.15, 0.2) is 0 Å². The monoisotopic (exact) mass is 201 g/mol. The molecule has 1 unspecified atom stereocenters. The van der Waals surface area contributed by atoms with Crippen LogP contribution in [0.4, 0.5) is 0 Å². The molecule has 1 N–H and O–H groups in total. The largest absolute Gasteiger partial charge is 0.391 e. The molecule has 1 atom stereocenters. The van der Waals surface area contributed by atoms with Crippen LogP contribution < -0.4 is 0 Å². The summed E-state index contributed by atoms with van der Waals surface area (Å²) in [6.45, 7) is 8.63. The SMILES string of the molecule is CC(C)CCCC(O)C(C)(C)N(C)C. The minimum atomic E-state index is -0.226. The van der Waals surface area contributed by atoms with Crippen molar-refractivity contribution >= 4 is 0 Å². The first-order valence-corrected chi connectivity index (χ1v) is 5.64. The fourth-order valence-corrected chi connectivity index (χ4v) is 1.37. The van der Waals surface area contributed by atoms with E-state index < -0.39 is 0 Å². The van der Waals surface area contributed by atoms with Crippen LogP contribution in [-0.2, 0) is 0 Å². The highest BCUT2D eigenvalue weighted by atomic mass is 16.3. The van der Waals surface area contributed by atoms with E-state index in [9.17, 15) is 5.11 Å². The molecule has 86 valence electrons. The molecule has 0 aliphatic carbocycles. The first kappa shape index (κ1) is 13.9. The van der Waals surface area contributed by atoms with Crippen molar-refractivity contribution in [3.05, 3.63) is 0 Å². The molecule has 14 heavy (non-hydrogen) atoms. The number of hydrogen-bond acceptors (Lipinski definition) is 2. The predicted molar refractivity (Wildman–Crippen MR) is 62.5 cm³/mol. The number of nitrogens with zero attached hydrogens (tertiary/aromatic N) is 1. The Morgan fingerprint density at radius 3 is 2.00 bits per heavy atom. The zero-order chi connectivity index (χ0) is 11.4. The molecule has 0 bridgehead atoms. The molecule has 0 aromatic rings. The highest BCUT2D eigenvalue weighted by Gasteiger charge is 2.29. The molecule has 0 spiro atoms. The van der Waals surface area contributed by atoms with Gasteiger partial charge in [-0.25, -0.2) is 0 Å². The average molecular weight is 201 g/mol. The summed E-state index contributed by atoms with van der Waals surface area (Å²) in [6.07, 6.45) is 3.01. The second-order valence-corrected chi connectivity index (χ2v) is 5.39. The van der Waals surface area contributed by atoms with Gasteiger partial charge in [-0.15, -0.1) is 0 Å². The van der Waals surface area contributed by atoms with Gasteiger partial charge in [0, 0.05) is 5.54 Å². The lowest BCUT2D eigenvalue weighted by Crippen LogP contribution is -2.48. The van der Waals surface area contributed by atoms with Crippen molar-refractivity contribution in [2.75, 3.05) is 14.1 Å². The summed E-state index contributed by atoms with van der Waals surface area (Å²) in [4.78, 5) is 2.09. The number of aliphatic hydroxyl groups excluding tert-OH is 1. The summed E-state index contributed by atoms with van der Waals surface area (Å²) in [5, 5.41) is 10.0. The highest BCUT2D eigenvalue weighted by Crippen LogP contribution is 2.21. The third-order valence-electron chi connectivity index (χ3n) is 3.23. The van der Waals surface area contributed by atoms with E-state index in [0.29, 0.717) is 0 Å². The third kappa shape index (κ3) is 4.43. The maximum atomic E-state index is 10.0. The van der Waals surface area contributed by atoms with Crippen molar-refractivity contribution < 1.29 is 5.11 Å². The maximum Gasteiger partial charge on any atom is 0.0718 e. The summed E-state index contributed by atoms with van der Waals surface area (Å²) in [6, 6.07) is 0. The standard InChI is InChI=1S/C12H27NO/c1-10(2)8-7-9-11(14)12(3,4)13(5)6/h10-11,14H,7-9H2,1-6H3. The Kier molecular flexibility index (Phi) is 5.68. The molecule has 0 saturated heterocycles. The third-order valence-corrected chi connectivity index (χ3v) is 3.23. The first-order valence-electron chi connectivity index (χ1n) is 5.64. The average Bonchev–Trinajstić information content (AvgIpc) is 2.02. The molecule has 0 aromatic heterocycles. The molecule has 0 saturated carbocycles. The maximum absolute atomic E-state index is 10.0. The van der Waals surface area contributed by atoms with E-state index in [1.54, 1.807) is 0 Å². The molecule has 0 aliphatic rings. The molecule has 2 heteroatoms. The lowest BCUT2D eigenvalue weighted by atomic mass is 9.91. The molecule has 0 radical (unpaired) electrons. The minimum Gasteiger partial charge on any atom is -0.391 e. The summed E-state index contributed by atoms with van der Waals surface area (Å²) < 4.78 is 0. The fourth-order valence-electron chi connectivity index (χ4n) is 1.37. The van der Waals surface area contributed by atoms with Gasteiger partial charge in [0.2, 0.25) is 0 Å². The van der Waals surface area contributed by atoms with Crippen LogP contribution in [0, 0.1) is 5.92 Å². The molecule has 0 aromatic carbocycles. The molecular formula is C12H27NO. The van der Waals surface area contributed by atoms with E-state index in [1.165, 1.54) is 6.42 Å². The fraction of sp³-hybridized carbons (Fsp3) is 1.00. The Balaban J connectivity index is 3.89. The van der Waals surface area contributed by atoms with Gasteiger partial charge >= 0.3 is 0 Å². The van der Waals surface area contributed by atoms with Gasteiger partial charge in [-0.2, -0.15) is 0 Å². The molecule has 0 rings (SSSR count). The summed E-state index contributed by atoms with van der Waals surface area (Å²) in [5.41, 5.74) is -0.114. The van der Waals surface area contributed by atoms with Crippen molar-refractivity contribution in [1.82, 2.24) is 4.90 Å². The van der Waals surface area contributed by atoms with E-state index in [0.717, 1.165) is 18.8 Å². The van der Waals surface area contributed by atoms with Gasteiger partial charge in [0.1, 0.15) is 0 Å². The van der Waals surface area contributed by atoms with E-state index in [-0.39, 0.29) is 11.6 Å². The summed E-state index contributed by atoms with van der Waals surface area (Å²) in [5.74, 6) is 0.740. The van der Waals surface area contributed by atoms with Gasteiger partial charge in [-0.1, -0.05) is 26.7 Å². The van der Waals surface area contributed by atoms with E-state index in [1.807, 2.05) is 14.1 Å². The molecule has 0 heterocycles. The van der Waals surface area contributed by atoms with Crippen molar-refractivity contribution in [1.29, 1.82) is 0 Å². The Morgan fingerprint density at radius 2 is 1.64 bits per heavy atom. The number of likely N-dealkylation sites (N-methyl/N-ethyl adjacent to an activating group) is 1. The van der Waals surface area contributed by atoms with Gasteiger partial charge in [0.05, 0.1) is 6.10 Å². The number of rotatable bonds is 6. The van der Waals surface area contributed by atoms with E-state index in [2.05, 4.69) is 32.6 Å². The Morgan fingerprint density at radius 1 is 1.14 bits per heavy atom. The lowest BCUT2D eigenvalue weighted by Gasteiger charge is -2.37. The van der Waals surface area contributed by atoms with Crippen LogP contribution in [0.3, 0.4) is 0 Å². The van der Waals surface area contributed by atoms with E-state index >= 15 is 0 Å². The molecule has 0 aliphatic heterocycles. The van der Waals surface area contributed by atoms with Crippen molar-refractivity contribution in [3.63, 3.8) is 0 Å². The van der Waals surface area contributed by atoms with Crippen LogP contribution in [0.1, 0.15) is 47.0 Å². The van der Waals surface area contributed by atoms with Crippen molar-refractivity contribution in [3.8, 4) is 0 Å². The Labute approximate surface area is 89.3 Å². The zero-order valence-corrected chi connectivity index (χ0v) is 10.7. The smallest absolute Gasteiger partial charge is 0.0718 e. The normalized spacial score (nSPS) is 15.2. The number of aliphatic hydroxyl groups is 1. The van der Waals surface area contributed by atoms with Gasteiger partial charge < -0.3 is 10.0 Å².